The molecule has 0 spiro atoms. The van der Waals surface area contributed by atoms with Crippen LogP contribution in [0.4, 0.5) is 15.9 Å². The lowest BCUT2D eigenvalue weighted by molar-refractivity contribution is -0.117. The van der Waals surface area contributed by atoms with Crippen LogP contribution in [0, 0.1) is 5.82 Å². The van der Waals surface area contributed by atoms with Gasteiger partial charge in [-0.15, -0.1) is 0 Å². The number of nitrogens with one attached hydrogen (secondary N) is 3. The third-order valence-electron chi connectivity index (χ3n) is 4.46. The predicted molar refractivity (Wildman–Crippen MR) is 97.0 cm³/mol. The zero-order chi connectivity index (χ0) is 19.1. The summed E-state index contributed by atoms with van der Waals surface area (Å²) in [7, 11) is 0. The number of benzene rings is 1. The highest BCUT2D eigenvalue weighted by atomic mass is 19.1. The average molecular weight is 368 g/mol. The zero-order valence-electron chi connectivity index (χ0n) is 14.7. The van der Waals surface area contributed by atoms with E-state index >= 15 is 0 Å². The molecular formula is C18H17FN6O2. The molecule has 2 amide bonds. The minimum absolute atomic E-state index is 0.258. The van der Waals surface area contributed by atoms with E-state index in [1.165, 1.54) is 28.9 Å². The highest BCUT2D eigenvalue weighted by Gasteiger charge is 2.23. The highest BCUT2D eigenvalue weighted by molar-refractivity contribution is 6.04. The molecule has 1 aliphatic rings. The Morgan fingerprint density at radius 3 is 2.74 bits per heavy atom. The van der Waals surface area contributed by atoms with E-state index in [9.17, 15) is 14.0 Å². The lowest BCUT2D eigenvalue weighted by Crippen LogP contribution is -2.41. The van der Waals surface area contributed by atoms with Crippen LogP contribution in [-0.2, 0) is 4.79 Å². The van der Waals surface area contributed by atoms with E-state index in [4.69, 9.17) is 0 Å². The van der Waals surface area contributed by atoms with E-state index < -0.39 is 23.7 Å². The first kappa shape index (κ1) is 17.0. The summed E-state index contributed by atoms with van der Waals surface area (Å²) >= 11 is 0. The topological polar surface area (TPSA) is 100 Å². The quantitative estimate of drug-likeness (QED) is 0.564. The smallest absolute Gasteiger partial charge is 0.257 e. The molecule has 27 heavy (non-hydrogen) atoms. The number of anilines is 2. The maximum atomic E-state index is 13.8. The summed E-state index contributed by atoms with van der Waals surface area (Å²) in [6, 6.07) is 4.68. The molecule has 0 unspecified atom stereocenters. The number of carbonyl (C=O) groups excluding carboxylic acids is 2. The van der Waals surface area contributed by atoms with E-state index in [-0.39, 0.29) is 11.6 Å². The number of hydrogen-bond acceptors (Lipinski definition) is 5. The highest BCUT2D eigenvalue weighted by Crippen LogP contribution is 2.27. The van der Waals surface area contributed by atoms with Gasteiger partial charge in [-0.25, -0.2) is 13.9 Å². The van der Waals surface area contributed by atoms with Crippen molar-refractivity contribution in [3.05, 3.63) is 53.6 Å². The van der Waals surface area contributed by atoms with Crippen molar-refractivity contribution >= 4 is 29.0 Å². The van der Waals surface area contributed by atoms with Gasteiger partial charge in [-0.1, -0.05) is 0 Å². The summed E-state index contributed by atoms with van der Waals surface area (Å²) < 4.78 is 15.3. The van der Waals surface area contributed by atoms with Crippen molar-refractivity contribution in [3.8, 4) is 0 Å². The van der Waals surface area contributed by atoms with E-state index in [0.717, 1.165) is 0 Å². The number of halogens is 1. The predicted octanol–water partition coefficient (Wildman–Crippen LogP) is 2.11. The number of amides is 2. The molecule has 2 atom stereocenters. The largest absolute Gasteiger partial charge is 0.363 e. The van der Waals surface area contributed by atoms with Gasteiger partial charge < -0.3 is 16.0 Å². The number of aromatic nitrogens is 3. The molecule has 0 aliphatic carbocycles. The van der Waals surface area contributed by atoms with Crippen molar-refractivity contribution in [1.29, 1.82) is 0 Å². The van der Waals surface area contributed by atoms with E-state index in [1.54, 1.807) is 19.2 Å². The van der Waals surface area contributed by atoms with Gasteiger partial charge in [-0.3, -0.25) is 9.59 Å². The van der Waals surface area contributed by atoms with Crippen LogP contribution in [0.15, 0.2) is 36.7 Å². The monoisotopic (exact) mass is 368 g/mol. The van der Waals surface area contributed by atoms with Gasteiger partial charge in [0, 0.05) is 17.4 Å². The molecule has 138 valence electrons. The van der Waals surface area contributed by atoms with Crippen LogP contribution < -0.4 is 16.0 Å². The fourth-order valence-corrected chi connectivity index (χ4v) is 3.00. The van der Waals surface area contributed by atoms with Crippen molar-refractivity contribution in [2.75, 3.05) is 10.6 Å². The molecule has 0 radical (unpaired) electrons. The van der Waals surface area contributed by atoms with Crippen molar-refractivity contribution in [2.24, 2.45) is 0 Å². The number of carbonyl (C=O) groups is 2. The number of fused-ring (bicyclic) bond motifs is 2. The molecular weight excluding hydrogens is 351 g/mol. The van der Waals surface area contributed by atoms with Gasteiger partial charge in [0.15, 0.2) is 5.65 Å². The molecule has 9 heteroatoms. The fourth-order valence-electron chi connectivity index (χ4n) is 3.00. The summed E-state index contributed by atoms with van der Waals surface area (Å²) in [5.41, 5.74) is 1.65. The van der Waals surface area contributed by atoms with Crippen LogP contribution in [0.2, 0.25) is 0 Å². The zero-order valence-corrected chi connectivity index (χ0v) is 14.7. The van der Waals surface area contributed by atoms with Crippen molar-refractivity contribution in [1.82, 2.24) is 19.9 Å². The molecule has 0 saturated heterocycles. The van der Waals surface area contributed by atoms with Gasteiger partial charge >= 0.3 is 0 Å². The summed E-state index contributed by atoms with van der Waals surface area (Å²) in [5.74, 6) is -0.781. The van der Waals surface area contributed by atoms with Gasteiger partial charge in [0.05, 0.1) is 12.2 Å². The first-order chi connectivity index (χ1) is 12.9. The van der Waals surface area contributed by atoms with Gasteiger partial charge in [0.2, 0.25) is 5.91 Å². The molecule has 3 heterocycles. The third kappa shape index (κ3) is 3.07. The van der Waals surface area contributed by atoms with E-state index in [2.05, 4.69) is 26.0 Å². The van der Waals surface area contributed by atoms with E-state index in [1.807, 2.05) is 6.92 Å². The Morgan fingerprint density at radius 1 is 1.11 bits per heavy atom. The number of nitrogens with zero attached hydrogens (tertiary/aromatic N) is 3. The molecule has 0 fully saturated rings. The number of hydrogen-bond donors (Lipinski definition) is 3. The first-order valence-corrected chi connectivity index (χ1v) is 8.44. The van der Waals surface area contributed by atoms with Gasteiger partial charge in [-0.2, -0.15) is 5.10 Å². The molecule has 1 aromatic carbocycles. The standard InChI is InChI=1S/C18H17FN6O2/c1-9-12-7-11(19)3-4-14(12)23-17(26)10(2)22-18(27)13-8-20-25-6-5-15(21-9)24-16(13)25/h3-10H,1-2H3,(H,21,24)(H,22,27)(H,23,26)/t9-,10-/m1/s1. The maximum Gasteiger partial charge on any atom is 0.257 e. The van der Waals surface area contributed by atoms with Crippen LogP contribution in [-0.4, -0.2) is 32.5 Å². The minimum Gasteiger partial charge on any atom is -0.363 e. The fraction of sp³-hybridized carbons (Fsp3) is 0.222. The molecule has 3 N–H and O–H groups in total. The second-order valence-corrected chi connectivity index (χ2v) is 6.42. The molecule has 2 aromatic heterocycles. The van der Waals surface area contributed by atoms with Crippen molar-refractivity contribution < 1.29 is 14.0 Å². The molecule has 3 aromatic rings. The number of rotatable bonds is 0. The van der Waals surface area contributed by atoms with Crippen molar-refractivity contribution in [2.45, 2.75) is 25.9 Å². The lowest BCUT2D eigenvalue weighted by atomic mass is 10.1. The van der Waals surface area contributed by atoms with E-state index in [0.29, 0.717) is 22.7 Å². The Bertz CT molecular complexity index is 1060. The van der Waals surface area contributed by atoms with Crippen molar-refractivity contribution in [3.63, 3.8) is 0 Å². The average Bonchev–Trinajstić information content (AvgIpc) is 3.05. The van der Waals surface area contributed by atoms with Crippen LogP contribution in [0.1, 0.15) is 35.8 Å². The normalized spacial score (nSPS) is 20.0. The minimum atomic E-state index is -0.808. The molecule has 1 aliphatic heterocycles. The Labute approximate surface area is 153 Å². The third-order valence-corrected chi connectivity index (χ3v) is 4.46. The van der Waals surface area contributed by atoms with Crippen LogP contribution in [0.5, 0.6) is 0 Å². The lowest BCUT2D eigenvalue weighted by Gasteiger charge is -2.20. The second-order valence-electron chi connectivity index (χ2n) is 6.42. The summed E-state index contributed by atoms with van der Waals surface area (Å²) in [6.07, 6.45) is 3.08. The Morgan fingerprint density at radius 2 is 1.93 bits per heavy atom. The Balaban J connectivity index is 1.86. The first-order valence-electron chi connectivity index (χ1n) is 8.44. The second kappa shape index (κ2) is 6.35. The summed E-state index contributed by atoms with van der Waals surface area (Å²) in [5, 5.41) is 12.7. The molecule has 2 bridgehead atoms. The molecule has 0 saturated carbocycles. The summed E-state index contributed by atoms with van der Waals surface area (Å²) in [6.45, 7) is 3.41. The van der Waals surface area contributed by atoms with Gasteiger partial charge in [0.1, 0.15) is 23.2 Å². The van der Waals surface area contributed by atoms with Crippen LogP contribution in [0.25, 0.3) is 5.65 Å². The Kier molecular flexibility index (Phi) is 3.98. The van der Waals surface area contributed by atoms with Crippen LogP contribution >= 0.6 is 0 Å². The van der Waals surface area contributed by atoms with Gasteiger partial charge in [0.25, 0.3) is 5.91 Å². The maximum absolute atomic E-state index is 13.8. The SMILES string of the molecule is C[C@H]1NC(=O)c2cnn3ccc(nc23)N[C@H](C)c2cc(F)ccc2NC1=O. The van der Waals surface area contributed by atoms with Gasteiger partial charge in [-0.05, 0) is 38.1 Å². The summed E-state index contributed by atoms with van der Waals surface area (Å²) in [4.78, 5) is 29.5. The molecule has 4 rings (SSSR count). The Hall–Kier alpha value is -3.49. The molecule has 8 nitrogen and oxygen atoms in total. The van der Waals surface area contributed by atoms with Crippen LogP contribution in [0.3, 0.4) is 0 Å².